The fraction of sp³-hybridized carbons (Fsp3) is 0.172. The third-order valence-corrected chi connectivity index (χ3v) is 6.15. The summed E-state index contributed by atoms with van der Waals surface area (Å²) in [5, 5.41) is 33.5. The van der Waals surface area contributed by atoms with Crippen LogP contribution in [0, 0.1) is 0 Å². The number of phenols is 3. The van der Waals surface area contributed by atoms with Gasteiger partial charge in [0.15, 0.2) is 0 Å². The summed E-state index contributed by atoms with van der Waals surface area (Å²) in [7, 11) is 0. The molecule has 0 aliphatic heterocycles. The zero-order valence-electron chi connectivity index (χ0n) is 18.7. The Morgan fingerprint density at radius 3 is 1.36 bits per heavy atom. The lowest BCUT2D eigenvalue weighted by Gasteiger charge is -2.21. The number of para-hydroxylation sites is 4. The molecule has 166 valence electrons. The van der Waals surface area contributed by atoms with Crippen LogP contribution in [-0.4, -0.2) is 21.4 Å². The number of phenolic OH excluding ortho intramolecular Hbond substituents is 3. The molecule has 4 heteroatoms. The van der Waals surface area contributed by atoms with Crippen LogP contribution >= 0.6 is 0 Å². The Morgan fingerprint density at radius 1 is 0.545 bits per heavy atom. The molecular weight excluding hydrogens is 412 g/mol. The molecule has 5 rings (SSSR count). The lowest BCUT2D eigenvalue weighted by Crippen LogP contribution is -2.08. The topological polar surface area (TPSA) is 69.9 Å². The molecule has 8 bridgehead atoms. The minimum atomic E-state index is -0.101. The van der Waals surface area contributed by atoms with Gasteiger partial charge < -0.3 is 20.1 Å². The predicted octanol–water partition coefficient (Wildman–Crippen LogP) is 6.42. The molecule has 4 aromatic rings. The molecule has 33 heavy (non-hydrogen) atoms. The third kappa shape index (κ3) is 3.68. The van der Waals surface area contributed by atoms with Gasteiger partial charge in [-0.15, -0.1) is 0 Å². The van der Waals surface area contributed by atoms with Crippen molar-refractivity contribution in [2.24, 2.45) is 0 Å². The average molecular weight is 439 g/mol. The van der Waals surface area contributed by atoms with Gasteiger partial charge in [-0.1, -0.05) is 72.8 Å². The molecule has 0 amide bonds. The SMILES string of the molecule is CC(C)Oc1c2cccc1-c1cccc(c1O)Cc1cccc(c1O)Cc1cccc-2c1O. The molecule has 0 radical (unpaired) electrons. The fourth-order valence-corrected chi connectivity index (χ4v) is 4.57. The van der Waals surface area contributed by atoms with Crippen LogP contribution in [-0.2, 0) is 12.8 Å². The van der Waals surface area contributed by atoms with E-state index in [2.05, 4.69) is 0 Å². The van der Waals surface area contributed by atoms with E-state index in [0.717, 1.165) is 33.4 Å². The van der Waals surface area contributed by atoms with E-state index < -0.39 is 0 Å². The Kier molecular flexibility index (Phi) is 5.21. The van der Waals surface area contributed by atoms with E-state index in [1.54, 1.807) is 0 Å². The summed E-state index contributed by atoms with van der Waals surface area (Å²) in [5.41, 5.74) is 5.68. The number of hydrogen-bond donors (Lipinski definition) is 3. The van der Waals surface area contributed by atoms with Gasteiger partial charge in [0, 0.05) is 35.1 Å². The molecule has 0 spiro atoms. The Balaban J connectivity index is 1.87. The summed E-state index contributed by atoms with van der Waals surface area (Å²) in [6.45, 7) is 3.92. The van der Waals surface area contributed by atoms with Crippen LogP contribution in [0.15, 0.2) is 72.8 Å². The minimum absolute atomic E-state index is 0.101. The molecule has 0 saturated heterocycles. The maximum absolute atomic E-state index is 11.3. The maximum atomic E-state index is 11.3. The lowest BCUT2D eigenvalue weighted by molar-refractivity contribution is 0.244. The molecule has 4 nitrogen and oxygen atoms in total. The Morgan fingerprint density at radius 2 is 0.909 bits per heavy atom. The Hall–Kier alpha value is -3.92. The Labute approximate surface area is 193 Å². The molecule has 0 aromatic heterocycles. The van der Waals surface area contributed by atoms with Crippen molar-refractivity contribution in [3.05, 3.63) is 95.1 Å². The van der Waals surface area contributed by atoms with Crippen LogP contribution < -0.4 is 4.74 Å². The van der Waals surface area contributed by atoms with Gasteiger partial charge in [0.2, 0.25) is 0 Å². The van der Waals surface area contributed by atoms with E-state index in [1.807, 2.05) is 86.6 Å². The quantitative estimate of drug-likeness (QED) is 0.297. The number of ether oxygens (including phenoxy) is 1. The first kappa shape index (κ1) is 21.0. The molecule has 0 saturated carbocycles. The molecule has 0 fully saturated rings. The molecular formula is C29H26O4. The van der Waals surface area contributed by atoms with Crippen molar-refractivity contribution in [2.75, 3.05) is 0 Å². The monoisotopic (exact) mass is 438 g/mol. The normalized spacial score (nSPS) is 12.3. The summed E-state index contributed by atoms with van der Waals surface area (Å²) in [5.74, 6) is 1.11. The minimum Gasteiger partial charge on any atom is -0.507 e. The second-order valence-corrected chi connectivity index (χ2v) is 8.75. The highest BCUT2D eigenvalue weighted by atomic mass is 16.5. The second-order valence-electron chi connectivity index (χ2n) is 8.75. The van der Waals surface area contributed by atoms with Crippen molar-refractivity contribution >= 4 is 0 Å². The predicted molar refractivity (Wildman–Crippen MR) is 130 cm³/mol. The van der Waals surface area contributed by atoms with Crippen molar-refractivity contribution < 1.29 is 20.1 Å². The number of fused-ring (bicyclic) bond motifs is 10. The zero-order valence-corrected chi connectivity index (χ0v) is 18.7. The highest BCUT2D eigenvalue weighted by molar-refractivity contribution is 5.87. The fourth-order valence-electron chi connectivity index (χ4n) is 4.57. The molecule has 1 aliphatic rings. The van der Waals surface area contributed by atoms with Crippen LogP contribution in [0.5, 0.6) is 23.0 Å². The van der Waals surface area contributed by atoms with E-state index in [9.17, 15) is 15.3 Å². The summed E-state index contributed by atoms with van der Waals surface area (Å²) < 4.78 is 6.28. The van der Waals surface area contributed by atoms with Gasteiger partial charge in [-0.2, -0.15) is 0 Å². The molecule has 1 aliphatic carbocycles. The highest BCUT2D eigenvalue weighted by Gasteiger charge is 2.22. The molecule has 4 aromatic carbocycles. The smallest absolute Gasteiger partial charge is 0.135 e. The standard InChI is InChI=1S/C29H26O4/c1-17(2)33-29-24-13-6-14-25(29)23-12-5-10-21(28(23)32)16-19-8-3-7-18(26(19)30)15-20-9-4-11-22(24)27(20)31/h3-14,17,30-32H,15-16H2,1-2H3. The van der Waals surface area contributed by atoms with Crippen LogP contribution in [0.1, 0.15) is 36.1 Å². The van der Waals surface area contributed by atoms with Crippen molar-refractivity contribution in [3.63, 3.8) is 0 Å². The van der Waals surface area contributed by atoms with Gasteiger partial charge in [-0.3, -0.25) is 0 Å². The first-order valence-corrected chi connectivity index (χ1v) is 11.2. The average Bonchev–Trinajstić information content (AvgIpc) is 2.79. The van der Waals surface area contributed by atoms with E-state index >= 15 is 0 Å². The zero-order chi connectivity index (χ0) is 23.1. The summed E-state index contributed by atoms with van der Waals surface area (Å²) >= 11 is 0. The van der Waals surface area contributed by atoms with Crippen molar-refractivity contribution in [3.8, 4) is 45.3 Å². The van der Waals surface area contributed by atoms with Gasteiger partial charge in [-0.05, 0) is 36.1 Å². The van der Waals surface area contributed by atoms with Crippen molar-refractivity contribution in [1.29, 1.82) is 0 Å². The van der Waals surface area contributed by atoms with Crippen molar-refractivity contribution in [1.82, 2.24) is 0 Å². The molecule has 0 unspecified atom stereocenters. The summed E-state index contributed by atoms with van der Waals surface area (Å²) in [4.78, 5) is 0. The maximum Gasteiger partial charge on any atom is 0.135 e. The number of hydrogen-bond acceptors (Lipinski definition) is 4. The highest BCUT2D eigenvalue weighted by Crippen LogP contribution is 2.47. The van der Waals surface area contributed by atoms with E-state index in [-0.39, 0.29) is 23.4 Å². The van der Waals surface area contributed by atoms with Crippen molar-refractivity contribution in [2.45, 2.75) is 32.8 Å². The lowest BCUT2D eigenvalue weighted by atomic mass is 9.90. The van der Waals surface area contributed by atoms with Crippen LogP contribution in [0.25, 0.3) is 22.3 Å². The number of rotatable bonds is 2. The summed E-state index contributed by atoms with van der Waals surface area (Å²) in [6, 6.07) is 22.7. The largest absolute Gasteiger partial charge is 0.507 e. The first-order chi connectivity index (χ1) is 15.9. The second kappa shape index (κ2) is 8.21. The van der Waals surface area contributed by atoms with Gasteiger partial charge in [0.25, 0.3) is 0 Å². The van der Waals surface area contributed by atoms with Crippen LogP contribution in [0.3, 0.4) is 0 Å². The molecule has 3 N–H and O–H groups in total. The number of benzene rings is 4. The Bertz CT molecular complexity index is 1260. The van der Waals surface area contributed by atoms with Gasteiger partial charge in [-0.25, -0.2) is 0 Å². The first-order valence-electron chi connectivity index (χ1n) is 11.2. The van der Waals surface area contributed by atoms with Crippen LogP contribution in [0.2, 0.25) is 0 Å². The third-order valence-electron chi connectivity index (χ3n) is 6.15. The van der Waals surface area contributed by atoms with Gasteiger partial charge in [0.1, 0.15) is 23.0 Å². The summed E-state index contributed by atoms with van der Waals surface area (Å²) in [6.07, 6.45) is 0.660. The van der Waals surface area contributed by atoms with E-state index in [1.165, 1.54) is 0 Å². The molecule has 0 heterocycles. The van der Waals surface area contributed by atoms with Gasteiger partial charge >= 0.3 is 0 Å². The van der Waals surface area contributed by atoms with Gasteiger partial charge in [0.05, 0.1) is 6.10 Å². The van der Waals surface area contributed by atoms with E-state index in [4.69, 9.17) is 4.74 Å². The van der Waals surface area contributed by atoms with E-state index in [0.29, 0.717) is 29.7 Å². The number of aromatic hydroxyl groups is 3. The molecule has 0 atom stereocenters. The van der Waals surface area contributed by atoms with Crippen LogP contribution in [0.4, 0.5) is 0 Å².